The number of halogens is 1. The van der Waals surface area contributed by atoms with E-state index in [0.717, 1.165) is 18.2 Å². The van der Waals surface area contributed by atoms with Crippen molar-refractivity contribution in [2.75, 3.05) is 0 Å². The Kier molecular flexibility index (Phi) is 3.57. The molecule has 0 fully saturated rings. The van der Waals surface area contributed by atoms with Gasteiger partial charge in [-0.3, -0.25) is 4.21 Å². The van der Waals surface area contributed by atoms with Gasteiger partial charge in [-0.15, -0.1) is 0 Å². The molecule has 15 heavy (non-hydrogen) atoms. The largest absolute Gasteiger partial charge is 0.478 e. The Bertz CT molecular complexity index is 415. The Morgan fingerprint density at radius 1 is 1.47 bits per heavy atom. The first-order valence-electron chi connectivity index (χ1n) is 4.37. The zero-order valence-electron chi connectivity index (χ0n) is 8.36. The first-order chi connectivity index (χ1) is 6.93. The Balaban J connectivity index is 3.22. The van der Waals surface area contributed by atoms with Gasteiger partial charge in [-0.1, -0.05) is 13.8 Å². The van der Waals surface area contributed by atoms with Crippen molar-refractivity contribution in [3.8, 4) is 0 Å². The van der Waals surface area contributed by atoms with Crippen molar-refractivity contribution in [3.05, 3.63) is 29.6 Å². The molecule has 0 aliphatic rings. The highest BCUT2D eigenvalue weighted by Crippen LogP contribution is 2.17. The van der Waals surface area contributed by atoms with E-state index in [2.05, 4.69) is 0 Å². The summed E-state index contributed by atoms with van der Waals surface area (Å²) in [5, 5.41) is 8.45. The minimum atomic E-state index is -1.51. The second-order valence-corrected chi connectivity index (χ2v) is 5.27. The average Bonchev–Trinajstić information content (AvgIpc) is 2.16. The van der Waals surface area contributed by atoms with E-state index in [1.807, 2.05) is 0 Å². The summed E-state index contributed by atoms with van der Waals surface area (Å²) in [4.78, 5) is 10.6. The van der Waals surface area contributed by atoms with Gasteiger partial charge < -0.3 is 5.11 Å². The van der Waals surface area contributed by atoms with Crippen LogP contribution in [0.25, 0.3) is 0 Å². The average molecular weight is 230 g/mol. The van der Waals surface area contributed by atoms with Crippen LogP contribution in [0, 0.1) is 5.82 Å². The third kappa shape index (κ3) is 2.62. The number of hydrogen-bond donors (Lipinski definition) is 1. The summed E-state index contributed by atoms with van der Waals surface area (Å²) in [6.45, 7) is 3.37. The lowest BCUT2D eigenvalue weighted by Crippen LogP contribution is -2.09. The van der Waals surface area contributed by atoms with Crippen LogP contribution in [0.4, 0.5) is 4.39 Å². The fraction of sp³-hybridized carbons (Fsp3) is 0.300. The maximum atomic E-state index is 13.3. The van der Waals surface area contributed by atoms with E-state index in [4.69, 9.17) is 5.11 Å². The standard InChI is InChI=1S/C10H11FO3S/c1-6(2)15(14)9-5-7(10(12)13)3-4-8(9)11/h3-6H,1-2H3,(H,12,13). The summed E-state index contributed by atoms with van der Waals surface area (Å²) in [5.41, 5.74) is -0.0552. The van der Waals surface area contributed by atoms with Gasteiger partial charge in [0.05, 0.1) is 21.3 Å². The first-order valence-corrected chi connectivity index (χ1v) is 5.58. The summed E-state index contributed by atoms with van der Waals surface area (Å²) in [7, 11) is -1.51. The Hall–Kier alpha value is -1.23. The van der Waals surface area contributed by atoms with Crippen LogP contribution in [0.5, 0.6) is 0 Å². The van der Waals surface area contributed by atoms with Gasteiger partial charge in [0.1, 0.15) is 5.82 Å². The fourth-order valence-corrected chi connectivity index (χ4v) is 2.06. The third-order valence-corrected chi connectivity index (χ3v) is 3.43. The van der Waals surface area contributed by atoms with Crippen LogP contribution in [0.3, 0.4) is 0 Å². The summed E-state index contributed by atoms with van der Waals surface area (Å²) in [5.74, 6) is -1.79. The van der Waals surface area contributed by atoms with Crippen LogP contribution >= 0.6 is 0 Å². The van der Waals surface area contributed by atoms with Crippen molar-refractivity contribution < 1.29 is 18.5 Å². The van der Waals surface area contributed by atoms with Gasteiger partial charge in [-0.05, 0) is 18.2 Å². The van der Waals surface area contributed by atoms with Crippen LogP contribution in [0.1, 0.15) is 24.2 Å². The number of benzene rings is 1. The number of hydrogen-bond acceptors (Lipinski definition) is 2. The van der Waals surface area contributed by atoms with Crippen LogP contribution in [0.15, 0.2) is 23.1 Å². The highest BCUT2D eigenvalue weighted by molar-refractivity contribution is 7.85. The molecule has 0 heterocycles. The van der Waals surface area contributed by atoms with Gasteiger partial charge in [0.15, 0.2) is 0 Å². The molecular weight excluding hydrogens is 219 g/mol. The molecule has 1 N–H and O–H groups in total. The fourth-order valence-electron chi connectivity index (χ4n) is 1.04. The normalized spacial score (nSPS) is 12.8. The van der Waals surface area contributed by atoms with E-state index in [1.165, 1.54) is 0 Å². The molecule has 1 rings (SSSR count). The molecule has 1 atom stereocenters. The lowest BCUT2D eigenvalue weighted by atomic mass is 10.2. The number of carboxylic acids is 1. The maximum Gasteiger partial charge on any atom is 0.335 e. The Morgan fingerprint density at radius 2 is 2.07 bits per heavy atom. The molecule has 0 aliphatic carbocycles. The lowest BCUT2D eigenvalue weighted by Gasteiger charge is -2.07. The Morgan fingerprint density at radius 3 is 2.53 bits per heavy atom. The summed E-state index contributed by atoms with van der Waals surface area (Å²) < 4.78 is 24.9. The SMILES string of the molecule is CC(C)S(=O)c1cc(C(=O)O)ccc1F. The molecule has 1 aromatic rings. The highest BCUT2D eigenvalue weighted by Gasteiger charge is 2.15. The van der Waals surface area contributed by atoms with E-state index in [9.17, 15) is 13.4 Å². The first kappa shape index (κ1) is 11.8. The van der Waals surface area contributed by atoms with E-state index in [-0.39, 0.29) is 15.7 Å². The van der Waals surface area contributed by atoms with E-state index >= 15 is 0 Å². The highest BCUT2D eigenvalue weighted by atomic mass is 32.2. The molecule has 0 amide bonds. The van der Waals surface area contributed by atoms with E-state index in [1.54, 1.807) is 13.8 Å². The molecule has 1 aromatic carbocycles. The maximum absolute atomic E-state index is 13.3. The molecule has 5 heteroatoms. The van der Waals surface area contributed by atoms with Crippen LogP contribution < -0.4 is 0 Å². The van der Waals surface area contributed by atoms with Crippen molar-refractivity contribution in [2.45, 2.75) is 24.0 Å². The molecular formula is C10H11FO3S. The molecule has 0 radical (unpaired) electrons. The quantitative estimate of drug-likeness (QED) is 0.864. The summed E-state index contributed by atoms with van der Waals surface area (Å²) in [6, 6.07) is 3.30. The lowest BCUT2D eigenvalue weighted by molar-refractivity contribution is 0.0696. The van der Waals surface area contributed by atoms with Crippen molar-refractivity contribution >= 4 is 16.8 Å². The minimum Gasteiger partial charge on any atom is -0.478 e. The van der Waals surface area contributed by atoms with E-state index in [0.29, 0.717) is 0 Å². The van der Waals surface area contributed by atoms with Crippen molar-refractivity contribution in [1.29, 1.82) is 0 Å². The monoisotopic (exact) mass is 230 g/mol. The van der Waals surface area contributed by atoms with Crippen LogP contribution in [0.2, 0.25) is 0 Å². The van der Waals surface area contributed by atoms with Gasteiger partial charge in [0, 0.05) is 5.25 Å². The Labute approximate surface area is 89.4 Å². The summed E-state index contributed by atoms with van der Waals surface area (Å²) >= 11 is 0. The molecule has 0 saturated heterocycles. The molecule has 3 nitrogen and oxygen atoms in total. The minimum absolute atomic E-state index is 0.0510. The summed E-state index contributed by atoms with van der Waals surface area (Å²) in [6.07, 6.45) is 0. The smallest absolute Gasteiger partial charge is 0.335 e. The molecule has 1 unspecified atom stereocenters. The molecule has 0 aliphatic heterocycles. The van der Waals surface area contributed by atoms with Gasteiger partial charge in [-0.2, -0.15) is 0 Å². The van der Waals surface area contributed by atoms with Gasteiger partial charge in [0.25, 0.3) is 0 Å². The van der Waals surface area contributed by atoms with Crippen LogP contribution in [-0.4, -0.2) is 20.5 Å². The zero-order valence-corrected chi connectivity index (χ0v) is 9.18. The van der Waals surface area contributed by atoms with Gasteiger partial charge in [-0.25, -0.2) is 9.18 Å². The molecule has 0 bridgehead atoms. The topological polar surface area (TPSA) is 54.4 Å². The predicted molar refractivity (Wildman–Crippen MR) is 54.9 cm³/mol. The van der Waals surface area contributed by atoms with Crippen molar-refractivity contribution in [2.24, 2.45) is 0 Å². The third-order valence-electron chi connectivity index (χ3n) is 1.82. The van der Waals surface area contributed by atoms with Crippen molar-refractivity contribution in [3.63, 3.8) is 0 Å². The second-order valence-electron chi connectivity index (χ2n) is 3.30. The van der Waals surface area contributed by atoms with Gasteiger partial charge >= 0.3 is 5.97 Å². The zero-order chi connectivity index (χ0) is 11.6. The van der Waals surface area contributed by atoms with E-state index < -0.39 is 22.6 Å². The van der Waals surface area contributed by atoms with Crippen molar-refractivity contribution in [1.82, 2.24) is 0 Å². The number of aromatic carboxylic acids is 1. The number of rotatable bonds is 3. The number of carbonyl (C=O) groups is 1. The number of carboxylic acid groups (broad SMARTS) is 1. The second kappa shape index (κ2) is 4.53. The van der Waals surface area contributed by atoms with Gasteiger partial charge in [0.2, 0.25) is 0 Å². The van der Waals surface area contributed by atoms with Crippen LogP contribution in [-0.2, 0) is 10.8 Å². The predicted octanol–water partition coefficient (Wildman–Crippen LogP) is 2.04. The molecule has 0 aromatic heterocycles. The molecule has 0 saturated carbocycles. The molecule has 82 valence electrons. The molecule has 0 spiro atoms.